The molecule has 0 radical (unpaired) electrons. The van der Waals surface area contributed by atoms with Crippen LogP contribution in [0.5, 0.6) is 0 Å². The molecule has 156 valence electrons. The molecule has 0 spiro atoms. The largest absolute Gasteiger partial charge is 0.373 e. The molecule has 2 fully saturated rings. The van der Waals surface area contributed by atoms with Crippen LogP contribution in [0.1, 0.15) is 12.0 Å². The number of nitrogens with one attached hydrogen (secondary N) is 1. The Morgan fingerprint density at radius 3 is 2.71 bits per heavy atom. The molecule has 2 aliphatic heterocycles. The Bertz CT molecular complexity index is 655. The lowest BCUT2D eigenvalue weighted by molar-refractivity contribution is -0.128. The second-order valence-corrected chi connectivity index (χ2v) is 7.35. The lowest BCUT2D eigenvalue weighted by Gasteiger charge is -2.36. The molecule has 0 bridgehead atoms. The molecule has 0 saturated carbocycles. The number of aliphatic imine (C=N–C) groups is 1. The molecule has 2 heterocycles. The highest BCUT2D eigenvalue weighted by atomic mass is 127. The maximum absolute atomic E-state index is 11.8. The quantitative estimate of drug-likeness (QED) is 0.374. The molecular formula is C20H32IN5O2. The normalized spacial score (nSPS) is 22.4. The molecule has 1 aromatic rings. The van der Waals surface area contributed by atoms with Crippen molar-refractivity contribution in [2.75, 3.05) is 53.9 Å². The van der Waals surface area contributed by atoms with Crippen LogP contribution in [0, 0.1) is 0 Å². The molecule has 7 nitrogen and oxygen atoms in total. The van der Waals surface area contributed by atoms with Gasteiger partial charge in [0.2, 0.25) is 5.91 Å². The van der Waals surface area contributed by atoms with E-state index in [0.29, 0.717) is 19.0 Å². The van der Waals surface area contributed by atoms with Crippen LogP contribution in [-0.2, 0) is 16.1 Å². The van der Waals surface area contributed by atoms with Gasteiger partial charge in [-0.3, -0.25) is 14.7 Å². The van der Waals surface area contributed by atoms with E-state index in [4.69, 9.17) is 4.74 Å². The fraction of sp³-hybridized carbons (Fsp3) is 0.600. The molecule has 3 rings (SSSR count). The number of nitrogens with zero attached hydrogens (tertiary/aromatic N) is 4. The first-order chi connectivity index (χ1) is 13.1. The van der Waals surface area contributed by atoms with E-state index in [9.17, 15) is 4.79 Å². The number of likely N-dealkylation sites (tertiary alicyclic amines) is 1. The monoisotopic (exact) mass is 501 g/mol. The van der Waals surface area contributed by atoms with Crippen LogP contribution in [0.2, 0.25) is 0 Å². The van der Waals surface area contributed by atoms with Crippen molar-refractivity contribution in [3.05, 3.63) is 35.9 Å². The molecule has 1 aromatic carbocycles. The van der Waals surface area contributed by atoms with Gasteiger partial charge in [-0.2, -0.15) is 0 Å². The minimum atomic E-state index is 0. The summed E-state index contributed by atoms with van der Waals surface area (Å²) >= 11 is 0. The minimum Gasteiger partial charge on any atom is -0.373 e. The second-order valence-electron chi connectivity index (χ2n) is 7.35. The number of fused-ring (bicyclic) bond motifs is 1. The topological polar surface area (TPSA) is 60.4 Å². The van der Waals surface area contributed by atoms with E-state index in [2.05, 4.69) is 50.4 Å². The average Bonchev–Trinajstić information content (AvgIpc) is 3.11. The summed E-state index contributed by atoms with van der Waals surface area (Å²) in [6.45, 7) is 4.97. The van der Waals surface area contributed by atoms with Gasteiger partial charge in [-0.25, -0.2) is 0 Å². The van der Waals surface area contributed by atoms with Crippen molar-refractivity contribution in [1.29, 1.82) is 0 Å². The van der Waals surface area contributed by atoms with Gasteiger partial charge in [0.05, 0.1) is 18.8 Å². The fourth-order valence-electron chi connectivity index (χ4n) is 3.78. The van der Waals surface area contributed by atoms with E-state index in [1.54, 1.807) is 26.0 Å². The first-order valence-corrected chi connectivity index (χ1v) is 9.64. The summed E-state index contributed by atoms with van der Waals surface area (Å²) in [7, 11) is 5.35. The van der Waals surface area contributed by atoms with Gasteiger partial charge < -0.3 is 19.9 Å². The van der Waals surface area contributed by atoms with Gasteiger partial charge in [0, 0.05) is 60.3 Å². The Morgan fingerprint density at radius 1 is 1.29 bits per heavy atom. The third kappa shape index (κ3) is 5.81. The zero-order valence-corrected chi connectivity index (χ0v) is 19.3. The van der Waals surface area contributed by atoms with E-state index in [-0.39, 0.29) is 36.0 Å². The van der Waals surface area contributed by atoms with E-state index in [1.807, 2.05) is 0 Å². The standard InChI is InChI=1S/C20H31N5O2.HI/c1-21-20(22-10-9-19(26)23(2)3)25-14-17-18(15-25)27-12-11-24(17)13-16-7-5-4-6-8-16;/h4-8,17-18H,9-15H2,1-3H3,(H,21,22);1H. The summed E-state index contributed by atoms with van der Waals surface area (Å²) in [5.74, 6) is 0.963. The highest BCUT2D eigenvalue weighted by Crippen LogP contribution is 2.24. The summed E-state index contributed by atoms with van der Waals surface area (Å²) < 4.78 is 6.04. The zero-order chi connectivity index (χ0) is 19.2. The van der Waals surface area contributed by atoms with Gasteiger partial charge in [0.15, 0.2) is 5.96 Å². The maximum atomic E-state index is 11.8. The van der Waals surface area contributed by atoms with E-state index >= 15 is 0 Å². The molecule has 2 saturated heterocycles. The van der Waals surface area contributed by atoms with Crippen LogP contribution in [0.4, 0.5) is 0 Å². The van der Waals surface area contributed by atoms with Crippen LogP contribution in [0.15, 0.2) is 35.3 Å². The molecule has 0 aliphatic carbocycles. The molecular weight excluding hydrogens is 469 g/mol. The van der Waals surface area contributed by atoms with Gasteiger partial charge in [-0.15, -0.1) is 24.0 Å². The van der Waals surface area contributed by atoms with E-state index in [0.717, 1.165) is 38.7 Å². The van der Waals surface area contributed by atoms with Crippen molar-refractivity contribution >= 4 is 35.8 Å². The summed E-state index contributed by atoms with van der Waals surface area (Å²) in [5.41, 5.74) is 1.33. The maximum Gasteiger partial charge on any atom is 0.223 e. The fourth-order valence-corrected chi connectivity index (χ4v) is 3.78. The number of hydrogen-bond acceptors (Lipinski definition) is 4. The van der Waals surface area contributed by atoms with Gasteiger partial charge in [0.1, 0.15) is 0 Å². The average molecular weight is 501 g/mol. The van der Waals surface area contributed by atoms with Crippen molar-refractivity contribution in [2.45, 2.75) is 25.1 Å². The van der Waals surface area contributed by atoms with Crippen LogP contribution in [0.25, 0.3) is 0 Å². The van der Waals surface area contributed by atoms with Crippen molar-refractivity contribution in [2.24, 2.45) is 4.99 Å². The van der Waals surface area contributed by atoms with E-state index in [1.165, 1.54) is 5.56 Å². The molecule has 28 heavy (non-hydrogen) atoms. The Kier molecular flexibility index (Phi) is 8.97. The number of amides is 1. The Morgan fingerprint density at radius 2 is 2.04 bits per heavy atom. The van der Waals surface area contributed by atoms with E-state index < -0.39 is 0 Å². The lowest BCUT2D eigenvalue weighted by Crippen LogP contribution is -2.50. The molecule has 1 amide bonds. The highest BCUT2D eigenvalue weighted by Gasteiger charge is 2.41. The summed E-state index contributed by atoms with van der Waals surface area (Å²) in [5, 5.41) is 3.33. The Labute approximate surface area is 185 Å². The van der Waals surface area contributed by atoms with Crippen LogP contribution in [0.3, 0.4) is 0 Å². The minimum absolute atomic E-state index is 0. The predicted molar refractivity (Wildman–Crippen MR) is 122 cm³/mol. The number of halogens is 1. The number of benzene rings is 1. The number of ether oxygens (including phenoxy) is 1. The second kappa shape index (κ2) is 11.0. The number of carbonyl (C=O) groups excluding carboxylic acids is 1. The third-order valence-electron chi connectivity index (χ3n) is 5.28. The number of rotatable bonds is 5. The third-order valence-corrected chi connectivity index (χ3v) is 5.28. The number of morpholine rings is 1. The summed E-state index contributed by atoms with van der Waals surface area (Å²) in [6, 6.07) is 11.0. The molecule has 2 aliphatic rings. The van der Waals surface area contributed by atoms with Gasteiger partial charge >= 0.3 is 0 Å². The number of guanidine groups is 1. The van der Waals surface area contributed by atoms with Crippen LogP contribution >= 0.6 is 24.0 Å². The van der Waals surface area contributed by atoms with Crippen molar-refractivity contribution in [1.82, 2.24) is 20.0 Å². The lowest BCUT2D eigenvalue weighted by atomic mass is 10.1. The molecule has 2 unspecified atom stereocenters. The van der Waals surface area contributed by atoms with Gasteiger partial charge in [0.25, 0.3) is 0 Å². The van der Waals surface area contributed by atoms with Gasteiger partial charge in [-0.05, 0) is 5.56 Å². The van der Waals surface area contributed by atoms with Crippen molar-refractivity contribution in [3.8, 4) is 0 Å². The molecule has 8 heteroatoms. The van der Waals surface area contributed by atoms with Crippen LogP contribution in [-0.4, -0.2) is 92.6 Å². The van der Waals surface area contributed by atoms with Gasteiger partial charge in [-0.1, -0.05) is 30.3 Å². The number of carbonyl (C=O) groups is 1. The Hall–Kier alpha value is -1.39. The smallest absolute Gasteiger partial charge is 0.223 e. The summed E-state index contributed by atoms with van der Waals surface area (Å²) in [4.78, 5) is 22.6. The SMILES string of the molecule is CN=C(NCCC(=O)N(C)C)N1CC2OCCN(Cc3ccccc3)C2C1.I. The zero-order valence-electron chi connectivity index (χ0n) is 17.0. The molecule has 2 atom stereocenters. The van der Waals surface area contributed by atoms with Crippen molar-refractivity contribution < 1.29 is 9.53 Å². The molecule has 0 aromatic heterocycles. The predicted octanol–water partition coefficient (Wildman–Crippen LogP) is 1.24. The molecule has 1 N–H and O–H groups in total. The summed E-state index contributed by atoms with van der Waals surface area (Å²) in [6.07, 6.45) is 0.660. The first-order valence-electron chi connectivity index (χ1n) is 9.64. The first kappa shape index (κ1) is 22.9. The van der Waals surface area contributed by atoms with Crippen LogP contribution < -0.4 is 5.32 Å². The highest BCUT2D eigenvalue weighted by molar-refractivity contribution is 14.0. The number of hydrogen-bond donors (Lipinski definition) is 1. The van der Waals surface area contributed by atoms with Crippen molar-refractivity contribution in [3.63, 3.8) is 0 Å². The Balaban J connectivity index is 0.00000280.